The molecule has 0 aromatic heterocycles. The molecule has 0 saturated carbocycles. The van der Waals surface area contributed by atoms with Gasteiger partial charge in [0.2, 0.25) is 0 Å². The number of alkyl halides is 3. The molecule has 0 spiro atoms. The fourth-order valence-electron chi connectivity index (χ4n) is 2.06. The normalized spacial score (nSPS) is 14.5. The Bertz CT molecular complexity index is 916. The first-order chi connectivity index (χ1) is 14.3. The number of benzene rings is 1. The fourth-order valence-corrected chi connectivity index (χ4v) is 3.12. The number of ether oxygens (including phenoxy) is 3. The molecule has 12 heteroatoms. The van der Waals surface area contributed by atoms with Crippen LogP contribution >= 0.6 is 0 Å². The van der Waals surface area contributed by atoms with Crippen LogP contribution in [0.25, 0.3) is 0 Å². The minimum atomic E-state index is -4.88. The van der Waals surface area contributed by atoms with Gasteiger partial charge < -0.3 is 14.2 Å². The summed E-state index contributed by atoms with van der Waals surface area (Å²) in [5, 5.41) is 0.939. The highest BCUT2D eigenvalue weighted by atomic mass is 32.2. The Hall–Kier alpha value is -2.76. The van der Waals surface area contributed by atoms with E-state index in [-0.39, 0.29) is 4.90 Å². The van der Waals surface area contributed by atoms with Gasteiger partial charge in [-0.25, -0.2) is 23.5 Å². The molecular formula is C20H27F3N2O6S. The summed E-state index contributed by atoms with van der Waals surface area (Å²) in [6, 6.07) is 3.97. The lowest BCUT2D eigenvalue weighted by Gasteiger charge is -2.28. The largest absolute Gasteiger partial charge is 0.573 e. The monoisotopic (exact) mass is 480 g/mol. The average Bonchev–Trinajstić information content (AvgIpc) is 2.54. The third-order valence-corrected chi connectivity index (χ3v) is 4.76. The van der Waals surface area contributed by atoms with Crippen molar-refractivity contribution in [3.05, 3.63) is 35.7 Å². The first-order valence-electron chi connectivity index (χ1n) is 9.34. The molecule has 0 fully saturated rings. The van der Waals surface area contributed by atoms with Gasteiger partial charge in [-0.15, -0.1) is 13.2 Å². The first-order valence-corrected chi connectivity index (χ1v) is 11.0. The number of nitrogens with zero attached hydrogens (tertiary/aromatic N) is 1. The van der Waals surface area contributed by atoms with Crippen LogP contribution in [0.3, 0.4) is 0 Å². The van der Waals surface area contributed by atoms with Crippen LogP contribution in [0.4, 0.5) is 22.8 Å². The number of hydrogen-bond donors (Lipinski definition) is 1. The zero-order valence-electron chi connectivity index (χ0n) is 18.6. The molecule has 0 aliphatic carbocycles. The van der Waals surface area contributed by atoms with Crippen LogP contribution in [-0.4, -0.2) is 45.4 Å². The zero-order chi connectivity index (χ0) is 25.0. The van der Waals surface area contributed by atoms with Crippen LogP contribution in [0.15, 0.2) is 40.6 Å². The molecule has 1 aromatic carbocycles. The van der Waals surface area contributed by atoms with Crippen molar-refractivity contribution in [3.8, 4) is 5.75 Å². The van der Waals surface area contributed by atoms with E-state index in [4.69, 9.17) is 14.3 Å². The van der Waals surface area contributed by atoms with Crippen molar-refractivity contribution in [2.24, 2.45) is 0 Å². The third kappa shape index (κ3) is 10.0. The smallest absolute Gasteiger partial charge is 0.443 e. The van der Waals surface area contributed by atoms with Crippen LogP contribution in [0.5, 0.6) is 5.75 Å². The van der Waals surface area contributed by atoms with Crippen LogP contribution in [-0.2, 0) is 19.2 Å². The minimum absolute atomic E-state index is 0.0932. The van der Waals surface area contributed by atoms with E-state index in [1.54, 1.807) is 41.5 Å². The SMILES string of the molecule is CC(C)(C)OC(=O)N(C/C=C/S(=N)(=O)c1ccc(OC(F)(F)F)cc1)C(=O)OC(C)(C)C. The second-order valence-electron chi connectivity index (χ2n) is 8.56. The van der Waals surface area contributed by atoms with Crippen molar-refractivity contribution in [3.63, 3.8) is 0 Å². The number of imide groups is 1. The van der Waals surface area contributed by atoms with Gasteiger partial charge in [0.15, 0.2) is 0 Å². The standard InChI is InChI=1S/C20H27F3N2O6S/c1-18(2,3)30-16(26)25(17(27)31-19(4,5)6)12-7-13-32(24,28)15-10-8-14(9-11-15)29-20(21,22)23/h7-11,13,24H,12H2,1-6H3/b13-7+. The molecule has 0 aliphatic heterocycles. The van der Waals surface area contributed by atoms with E-state index >= 15 is 0 Å². The highest BCUT2D eigenvalue weighted by molar-refractivity contribution is 7.95. The first kappa shape index (κ1) is 27.3. The molecule has 1 aromatic rings. The quantitative estimate of drug-likeness (QED) is 0.581. The Morgan fingerprint density at radius 1 is 0.969 bits per heavy atom. The summed E-state index contributed by atoms with van der Waals surface area (Å²) in [6.45, 7) is 9.24. The van der Waals surface area contributed by atoms with Gasteiger partial charge in [-0.3, -0.25) is 0 Å². The second kappa shape index (κ2) is 9.80. The van der Waals surface area contributed by atoms with Crippen LogP contribution in [0, 0.1) is 4.78 Å². The maximum atomic E-state index is 12.6. The van der Waals surface area contributed by atoms with Gasteiger partial charge in [0.05, 0.1) is 21.2 Å². The Morgan fingerprint density at radius 3 is 1.78 bits per heavy atom. The molecule has 2 amide bonds. The number of carbonyl (C=O) groups excluding carboxylic acids is 2. The predicted octanol–water partition coefficient (Wildman–Crippen LogP) is 5.68. The van der Waals surface area contributed by atoms with Crippen molar-refractivity contribution >= 4 is 21.9 Å². The van der Waals surface area contributed by atoms with E-state index in [1.165, 1.54) is 0 Å². The lowest BCUT2D eigenvalue weighted by Crippen LogP contribution is -2.43. The van der Waals surface area contributed by atoms with Crippen LogP contribution in [0.2, 0.25) is 0 Å². The lowest BCUT2D eigenvalue weighted by atomic mass is 10.2. The van der Waals surface area contributed by atoms with Gasteiger partial charge in [0, 0.05) is 5.41 Å². The Balaban J connectivity index is 3.02. The second-order valence-corrected chi connectivity index (χ2v) is 10.5. The summed E-state index contributed by atoms with van der Waals surface area (Å²) in [7, 11) is -3.59. The minimum Gasteiger partial charge on any atom is -0.443 e. The molecule has 1 rings (SSSR count). The maximum absolute atomic E-state index is 12.6. The van der Waals surface area contributed by atoms with Crippen molar-refractivity contribution in [1.29, 1.82) is 4.78 Å². The summed E-state index contributed by atoms with van der Waals surface area (Å²) in [6.07, 6.45) is -5.73. The zero-order valence-corrected chi connectivity index (χ0v) is 19.4. The maximum Gasteiger partial charge on any atom is 0.573 e. The number of halogens is 3. The van der Waals surface area contributed by atoms with Crippen molar-refractivity contribution in [1.82, 2.24) is 4.90 Å². The number of rotatable bonds is 5. The van der Waals surface area contributed by atoms with Crippen LogP contribution < -0.4 is 4.74 Å². The van der Waals surface area contributed by atoms with E-state index in [0.717, 1.165) is 35.7 Å². The van der Waals surface area contributed by atoms with Gasteiger partial charge in [0.1, 0.15) is 17.0 Å². The lowest BCUT2D eigenvalue weighted by molar-refractivity contribution is -0.274. The molecule has 1 atom stereocenters. The number of carbonyl (C=O) groups is 2. The van der Waals surface area contributed by atoms with Gasteiger partial charge in [-0.2, -0.15) is 0 Å². The Labute approximate surface area is 185 Å². The Kier molecular flexibility index (Phi) is 8.35. The van der Waals surface area contributed by atoms with Crippen LogP contribution in [0.1, 0.15) is 41.5 Å². The molecule has 1 N–H and O–H groups in total. The molecule has 0 saturated heterocycles. The molecule has 0 heterocycles. The third-order valence-electron chi connectivity index (χ3n) is 3.21. The van der Waals surface area contributed by atoms with Gasteiger partial charge in [0.25, 0.3) is 0 Å². The number of hydrogen-bond acceptors (Lipinski definition) is 7. The molecule has 0 aliphatic rings. The van der Waals surface area contributed by atoms with Gasteiger partial charge in [-0.05, 0) is 65.8 Å². The van der Waals surface area contributed by atoms with E-state index in [0.29, 0.717) is 4.90 Å². The van der Waals surface area contributed by atoms with Gasteiger partial charge >= 0.3 is 18.5 Å². The summed E-state index contributed by atoms with van der Waals surface area (Å²) >= 11 is 0. The summed E-state index contributed by atoms with van der Waals surface area (Å²) < 4.78 is 71.5. The highest BCUT2D eigenvalue weighted by Crippen LogP contribution is 2.24. The highest BCUT2D eigenvalue weighted by Gasteiger charge is 2.31. The van der Waals surface area contributed by atoms with E-state index < -0.39 is 51.8 Å². The molecule has 1 unspecified atom stereocenters. The summed E-state index contributed by atoms with van der Waals surface area (Å²) in [5.41, 5.74) is -1.80. The van der Waals surface area contributed by atoms with E-state index in [1.807, 2.05) is 0 Å². The van der Waals surface area contributed by atoms with E-state index in [2.05, 4.69) is 4.74 Å². The predicted molar refractivity (Wildman–Crippen MR) is 111 cm³/mol. The molecule has 180 valence electrons. The number of nitrogens with one attached hydrogen (secondary N) is 1. The van der Waals surface area contributed by atoms with Crippen molar-refractivity contribution in [2.45, 2.75) is 64.0 Å². The summed E-state index contributed by atoms with van der Waals surface area (Å²) in [4.78, 5) is 25.4. The number of amides is 2. The molecular weight excluding hydrogens is 453 g/mol. The molecule has 32 heavy (non-hydrogen) atoms. The van der Waals surface area contributed by atoms with Crippen molar-refractivity contribution < 1.29 is 41.2 Å². The summed E-state index contributed by atoms with van der Waals surface area (Å²) in [5.74, 6) is -0.526. The topological polar surface area (TPSA) is 106 Å². The average molecular weight is 481 g/mol. The Morgan fingerprint density at radius 2 is 1.41 bits per heavy atom. The van der Waals surface area contributed by atoms with Gasteiger partial charge in [-0.1, -0.05) is 6.08 Å². The molecule has 0 bridgehead atoms. The fraction of sp³-hybridized carbons (Fsp3) is 0.500. The molecule has 0 radical (unpaired) electrons. The van der Waals surface area contributed by atoms with E-state index in [9.17, 15) is 27.0 Å². The molecule has 8 nitrogen and oxygen atoms in total. The van der Waals surface area contributed by atoms with Crippen molar-refractivity contribution in [2.75, 3.05) is 6.54 Å².